The van der Waals surface area contributed by atoms with Gasteiger partial charge >= 0.3 is 0 Å². The number of benzene rings is 2. The second-order valence-corrected chi connectivity index (χ2v) is 13.7. The van der Waals surface area contributed by atoms with Gasteiger partial charge in [-0.25, -0.2) is 0 Å². The van der Waals surface area contributed by atoms with Gasteiger partial charge in [0.05, 0.1) is 18.8 Å². The predicted molar refractivity (Wildman–Crippen MR) is 159 cm³/mol. The summed E-state index contributed by atoms with van der Waals surface area (Å²) >= 11 is 0. The molecule has 0 amide bonds. The van der Waals surface area contributed by atoms with Crippen LogP contribution in [0, 0.1) is 28.6 Å². The van der Waals surface area contributed by atoms with Gasteiger partial charge in [0.1, 0.15) is 6.61 Å². The molecule has 0 unspecified atom stereocenters. The van der Waals surface area contributed by atoms with Crippen molar-refractivity contribution in [3.05, 3.63) is 94.6 Å². The van der Waals surface area contributed by atoms with E-state index in [9.17, 15) is 24.9 Å². The highest BCUT2D eigenvalue weighted by molar-refractivity contribution is 6.01. The van der Waals surface area contributed by atoms with Crippen molar-refractivity contribution in [1.29, 1.82) is 0 Å². The van der Waals surface area contributed by atoms with Crippen molar-refractivity contribution in [2.45, 2.75) is 76.7 Å². The molecule has 4 aliphatic carbocycles. The molecule has 1 saturated heterocycles. The molecule has 2 aromatic rings. The first-order chi connectivity index (χ1) is 20.6. The van der Waals surface area contributed by atoms with Crippen LogP contribution in [0.1, 0.15) is 68.1 Å². The molecule has 1 heterocycles. The van der Waals surface area contributed by atoms with E-state index in [4.69, 9.17) is 9.47 Å². The Kier molecular flexibility index (Phi) is 6.91. The van der Waals surface area contributed by atoms with E-state index in [1.54, 1.807) is 12.2 Å². The quantitative estimate of drug-likeness (QED) is 0.462. The molecule has 3 saturated carbocycles. The molecule has 43 heavy (non-hydrogen) atoms. The highest BCUT2D eigenvalue weighted by Gasteiger charge is 2.75. The Labute approximate surface area is 252 Å². The van der Waals surface area contributed by atoms with Crippen molar-refractivity contribution >= 4 is 11.6 Å². The van der Waals surface area contributed by atoms with E-state index in [0.29, 0.717) is 19.3 Å². The molecule has 226 valence electrons. The van der Waals surface area contributed by atoms with Crippen molar-refractivity contribution in [2.75, 3.05) is 6.61 Å². The highest BCUT2D eigenvalue weighted by atomic mass is 16.7. The molecule has 5 aliphatic rings. The molecule has 0 bridgehead atoms. The molecular weight excluding hydrogens is 544 g/mol. The van der Waals surface area contributed by atoms with Crippen molar-refractivity contribution in [3.8, 4) is 0 Å². The number of carbonyl (C=O) groups excluding carboxylic acids is 2. The number of ketones is 2. The second-order valence-electron chi connectivity index (χ2n) is 13.7. The number of aliphatic hydroxyl groups excluding tert-OH is 3. The Morgan fingerprint density at radius 1 is 1.05 bits per heavy atom. The number of ether oxygens (including phenoxy) is 2. The van der Waals surface area contributed by atoms with Crippen LogP contribution >= 0.6 is 0 Å². The van der Waals surface area contributed by atoms with Gasteiger partial charge in [-0.2, -0.15) is 0 Å². The smallest absolute Gasteiger partial charge is 0.193 e. The monoisotopic (exact) mass is 584 g/mol. The van der Waals surface area contributed by atoms with Gasteiger partial charge in [0.2, 0.25) is 0 Å². The average molecular weight is 585 g/mol. The lowest BCUT2D eigenvalue weighted by Gasteiger charge is -2.59. The highest BCUT2D eigenvalue weighted by Crippen LogP contribution is 2.70. The fourth-order valence-electron chi connectivity index (χ4n) is 9.68. The molecule has 2 aromatic carbocycles. The second kappa shape index (κ2) is 10.3. The molecule has 9 atom stereocenters. The zero-order chi connectivity index (χ0) is 30.1. The number of hydrogen-bond donors (Lipinski definition) is 3. The van der Waals surface area contributed by atoms with Crippen molar-refractivity contribution in [2.24, 2.45) is 28.6 Å². The van der Waals surface area contributed by atoms with Gasteiger partial charge < -0.3 is 24.8 Å². The third kappa shape index (κ3) is 4.20. The zero-order valence-corrected chi connectivity index (χ0v) is 24.7. The molecule has 0 radical (unpaired) electrons. The van der Waals surface area contributed by atoms with Gasteiger partial charge in [0, 0.05) is 22.3 Å². The van der Waals surface area contributed by atoms with Crippen molar-refractivity contribution in [3.63, 3.8) is 0 Å². The van der Waals surface area contributed by atoms with Crippen LogP contribution in [0.5, 0.6) is 0 Å². The first-order valence-corrected chi connectivity index (χ1v) is 15.5. The summed E-state index contributed by atoms with van der Waals surface area (Å²) in [5.41, 5.74) is 2.44. The van der Waals surface area contributed by atoms with Crippen LogP contribution in [0.3, 0.4) is 0 Å². The minimum atomic E-state index is -1.37. The number of aliphatic hydroxyl groups is 3. The standard InChI is InChI=1S/C36H40O7/c1-34-13-12-26(39)16-25(34)10-11-27-28-17-31-36(30(41)20-38,35(28,2)18-29(40)32(27)34)43-33(42-31)24-5-3-4-23(15-24)14-21-6-8-22(19-37)9-7-21/h3-9,12-13,15-16,27-29,31-33,37-38,40H,10-11,14,17-20H2,1-2H3/t27-,28-,29-,31+,32+,33+,34-,35-,36+/m0/s1. The van der Waals surface area contributed by atoms with Crippen molar-refractivity contribution < 1.29 is 34.4 Å². The Morgan fingerprint density at radius 3 is 2.56 bits per heavy atom. The van der Waals surface area contributed by atoms with E-state index in [0.717, 1.165) is 40.7 Å². The number of Topliss-reactive ketones (excluding diaryl/α,β-unsaturated/α-hetero) is 1. The fourth-order valence-corrected chi connectivity index (χ4v) is 9.68. The van der Waals surface area contributed by atoms with Crippen LogP contribution in [0.25, 0.3) is 0 Å². The maximum absolute atomic E-state index is 13.8. The molecule has 0 spiro atoms. The SMILES string of the molecule is C[C@]12C=CC(=O)C=C1CC[C@@H]1[C@@H]2[C@@H](O)C[C@@]2(C)[C@H]1C[C@H]1O[C@@H](c3cccc(Cc4ccc(CO)cc4)c3)O[C@]12C(=O)CO. The molecule has 0 aromatic heterocycles. The fraction of sp³-hybridized carbons (Fsp3) is 0.500. The molecule has 7 rings (SSSR count). The lowest BCUT2D eigenvalue weighted by Crippen LogP contribution is -2.63. The normalized spacial score (nSPS) is 39.5. The minimum Gasteiger partial charge on any atom is -0.393 e. The lowest BCUT2D eigenvalue weighted by molar-refractivity contribution is -0.201. The van der Waals surface area contributed by atoms with Crippen LogP contribution in [-0.2, 0) is 32.1 Å². The van der Waals surface area contributed by atoms with Gasteiger partial charge in [-0.1, -0.05) is 74.0 Å². The van der Waals surface area contributed by atoms with Crippen LogP contribution in [0.4, 0.5) is 0 Å². The predicted octanol–water partition coefficient (Wildman–Crippen LogP) is 4.37. The van der Waals surface area contributed by atoms with Crippen LogP contribution in [0.15, 0.2) is 72.3 Å². The molecule has 7 nitrogen and oxygen atoms in total. The zero-order valence-electron chi connectivity index (χ0n) is 24.7. The van der Waals surface area contributed by atoms with E-state index in [1.165, 1.54) is 0 Å². The Balaban J connectivity index is 1.19. The van der Waals surface area contributed by atoms with Gasteiger partial charge in [-0.05, 0) is 72.8 Å². The van der Waals surface area contributed by atoms with Gasteiger partial charge in [-0.3, -0.25) is 9.59 Å². The minimum absolute atomic E-state index is 0.000436. The first-order valence-electron chi connectivity index (χ1n) is 15.5. The van der Waals surface area contributed by atoms with Crippen LogP contribution < -0.4 is 0 Å². The number of carbonyl (C=O) groups is 2. The van der Waals surface area contributed by atoms with E-state index < -0.39 is 41.5 Å². The Morgan fingerprint density at radius 2 is 1.81 bits per heavy atom. The maximum Gasteiger partial charge on any atom is 0.193 e. The molecular formula is C36H40O7. The first kappa shape index (κ1) is 28.8. The Hall–Kier alpha value is -2.94. The number of hydrogen-bond acceptors (Lipinski definition) is 7. The topological polar surface area (TPSA) is 113 Å². The third-order valence-electron chi connectivity index (χ3n) is 11.6. The summed E-state index contributed by atoms with van der Waals surface area (Å²) in [6, 6.07) is 15.8. The molecule has 7 heteroatoms. The summed E-state index contributed by atoms with van der Waals surface area (Å²) in [6.45, 7) is 3.54. The van der Waals surface area contributed by atoms with Gasteiger partial charge in [0.25, 0.3) is 0 Å². The summed E-state index contributed by atoms with van der Waals surface area (Å²) in [4.78, 5) is 26.0. The Bertz CT molecular complexity index is 1510. The largest absolute Gasteiger partial charge is 0.393 e. The molecule has 4 fully saturated rings. The number of rotatable bonds is 6. The van der Waals surface area contributed by atoms with Crippen molar-refractivity contribution in [1.82, 2.24) is 0 Å². The number of allylic oxidation sites excluding steroid dienone is 4. The summed E-state index contributed by atoms with van der Waals surface area (Å²) in [7, 11) is 0. The van der Waals surface area contributed by atoms with E-state index in [2.05, 4.69) is 13.8 Å². The van der Waals surface area contributed by atoms with Crippen LogP contribution in [0.2, 0.25) is 0 Å². The lowest BCUT2D eigenvalue weighted by atomic mass is 9.46. The van der Waals surface area contributed by atoms with E-state index in [1.807, 2.05) is 54.6 Å². The molecule has 3 N–H and O–H groups in total. The van der Waals surface area contributed by atoms with E-state index >= 15 is 0 Å². The van der Waals surface area contributed by atoms with E-state index in [-0.39, 0.29) is 35.9 Å². The van der Waals surface area contributed by atoms with Gasteiger partial charge in [-0.15, -0.1) is 0 Å². The van der Waals surface area contributed by atoms with Crippen LogP contribution in [-0.4, -0.2) is 51.3 Å². The summed E-state index contributed by atoms with van der Waals surface area (Å²) in [5.74, 6) is -0.287. The summed E-state index contributed by atoms with van der Waals surface area (Å²) in [6.07, 6.45) is 6.60. The molecule has 1 aliphatic heterocycles. The number of fused-ring (bicyclic) bond motifs is 7. The third-order valence-corrected chi connectivity index (χ3v) is 11.6. The summed E-state index contributed by atoms with van der Waals surface area (Å²) in [5, 5.41) is 31.4. The van der Waals surface area contributed by atoms with Gasteiger partial charge in [0.15, 0.2) is 23.5 Å². The maximum atomic E-state index is 13.8. The summed E-state index contributed by atoms with van der Waals surface area (Å²) < 4.78 is 13.4. The average Bonchev–Trinajstić information content (AvgIpc) is 3.50.